The fraction of sp³-hybridized carbons (Fsp3) is 0.235. The molecule has 0 fully saturated rings. The first kappa shape index (κ1) is 15.6. The topological polar surface area (TPSA) is 26.3 Å². The predicted molar refractivity (Wildman–Crippen MR) is 83.7 cm³/mol. The lowest BCUT2D eigenvalue weighted by molar-refractivity contribution is 0.102. The summed E-state index contributed by atoms with van der Waals surface area (Å²) in [6, 6.07) is 13.3. The van der Waals surface area contributed by atoms with E-state index >= 15 is 0 Å². The summed E-state index contributed by atoms with van der Waals surface area (Å²) in [7, 11) is 0. The van der Waals surface area contributed by atoms with Crippen molar-refractivity contribution in [2.45, 2.75) is 24.8 Å². The number of hydrogen-bond acceptors (Lipinski definition) is 3. The van der Waals surface area contributed by atoms with Crippen LogP contribution in [0.5, 0.6) is 5.75 Å². The maximum absolute atomic E-state index is 12.8. The molecule has 21 heavy (non-hydrogen) atoms. The SMILES string of the molecule is CC(C)Oc1cccc(C(=O)CSc2ccc(F)cc2)c1. The van der Waals surface area contributed by atoms with E-state index in [1.807, 2.05) is 26.0 Å². The van der Waals surface area contributed by atoms with Crippen LogP contribution >= 0.6 is 11.8 Å². The molecule has 0 heterocycles. The summed E-state index contributed by atoms with van der Waals surface area (Å²) in [6.45, 7) is 3.89. The number of ether oxygens (including phenoxy) is 1. The molecule has 0 amide bonds. The summed E-state index contributed by atoms with van der Waals surface area (Å²) >= 11 is 1.39. The summed E-state index contributed by atoms with van der Waals surface area (Å²) in [5, 5.41) is 0. The average Bonchev–Trinajstić information content (AvgIpc) is 2.46. The van der Waals surface area contributed by atoms with Gasteiger partial charge in [-0.1, -0.05) is 12.1 Å². The lowest BCUT2D eigenvalue weighted by Crippen LogP contribution is -2.07. The second kappa shape index (κ2) is 7.27. The van der Waals surface area contributed by atoms with Crippen LogP contribution in [-0.2, 0) is 0 Å². The molecule has 0 aliphatic carbocycles. The fourth-order valence-electron chi connectivity index (χ4n) is 1.78. The fourth-order valence-corrected chi connectivity index (χ4v) is 2.57. The summed E-state index contributed by atoms with van der Waals surface area (Å²) < 4.78 is 18.4. The molecule has 0 aliphatic heterocycles. The van der Waals surface area contributed by atoms with Crippen LogP contribution in [0.2, 0.25) is 0 Å². The van der Waals surface area contributed by atoms with Crippen molar-refractivity contribution in [3.8, 4) is 5.75 Å². The van der Waals surface area contributed by atoms with Gasteiger partial charge in [0.25, 0.3) is 0 Å². The first-order valence-corrected chi connectivity index (χ1v) is 7.71. The molecule has 0 radical (unpaired) electrons. The number of carbonyl (C=O) groups is 1. The van der Waals surface area contributed by atoms with E-state index in [1.165, 1.54) is 23.9 Å². The number of hydrogen-bond donors (Lipinski definition) is 0. The van der Waals surface area contributed by atoms with E-state index in [4.69, 9.17) is 4.74 Å². The Morgan fingerprint density at radius 3 is 2.57 bits per heavy atom. The van der Waals surface area contributed by atoms with Crippen LogP contribution < -0.4 is 4.74 Å². The van der Waals surface area contributed by atoms with Gasteiger partial charge in [0.05, 0.1) is 11.9 Å². The second-order valence-electron chi connectivity index (χ2n) is 4.86. The van der Waals surface area contributed by atoms with Gasteiger partial charge in [0.15, 0.2) is 5.78 Å². The molecule has 0 saturated heterocycles. The van der Waals surface area contributed by atoms with Crippen molar-refractivity contribution in [3.63, 3.8) is 0 Å². The van der Waals surface area contributed by atoms with Crippen LogP contribution in [0.3, 0.4) is 0 Å². The van der Waals surface area contributed by atoms with Gasteiger partial charge in [-0.15, -0.1) is 11.8 Å². The number of rotatable bonds is 6. The molecular weight excluding hydrogens is 287 g/mol. The minimum atomic E-state index is -0.274. The van der Waals surface area contributed by atoms with Crippen LogP contribution in [0.25, 0.3) is 0 Å². The molecule has 2 aromatic carbocycles. The van der Waals surface area contributed by atoms with Gasteiger partial charge in [-0.3, -0.25) is 4.79 Å². The molecule has 0 bridgehead atoms. The standard InChI is InChI=1S/C17H17FO2S/c1-12(2)20-15-5-3-4-13(10-15)17(19)11-21-16-8-6-14(18)7-9-16/h3-10,12H,11H2,1-2H3. The monoisotopic (exact) mass is 304 g/mol. The van der Waals surface area contributed by atoms with E-state index in [2.05, 4.69) is 0 Å². The van der Waals surface area contributed by atoms with Gasteiger partial charge in [0, 0.05) is 10.5 Å². The molecule has 2 aromatic rings. The van der Waals surface area contributed by atoms with Gasteiger partial charge in [-0.2, -0.15) is 0 Å². The zero-order chi connectivity index (χ0) is 15.2. The van der Waals surface area contributed by atoms with Crippen molar-refractivity contribution >= 4 is 17.5 Å². The second-order valence-corrected chi connectivity index (χ2v) is 5.91. The summed E-state index contributed by atoms with van der Waals surface area (Å²) in [5.74, 6) is 0.766. The van der Waals surface area contributed by atoms with Gasteiger partial charge >= 0.3 is 0 Å². The van der Waals surface area contributed by atoms with E-state index < -0.39 is 0 Å². The van der Waals surface area contributed by atoms with E-state index in [9.17, 15) is 9.18 Å². The molecule has 2 nitrogen and oxygen atoms in total. The van der Waals surface area contributed by atoms with E-state index in [0.29, 0.717) is 17.1 Å². The third-order valence-electron chi connectivity index (χ3n) is 2.71. The van der Waals surface area contributed by atoms with Crippen LogP contribution in [-0.4, -0.2) is 17.6 Å². The third kappa shape index (κ3) is 4.90. The van der Waals surface area contributed by atoms with Gasteiger partial charge in [0.1, 0.15) is 11.6 Å². The summed E-state index contributed by atoms with van der Waals surface area (Å²) in [5.41, 5.74) is 0.628. The number of thioether (sulfide) groups is 1. The van der Waals surface area contributed by atoms with Crippen LogP contribution in [0, 0.1) is 5.82 Å². The highest BCUT2D eigenvalue weighted by atomic mass is 32.2. The molecule has 0 aliphatic rings. The highest BCUT2D eigenvalue weighted by Gasteiger charge is 2.08. The quantitative estimate of drug-likeness (QED) is 0.577. The number of carbonyl (C=O) groups excluding carboxylic acids is 1. The number of halogens is 1. The summed E-state index contributed by atoms with van der Waals surface area (Å²) in [6.07, 6.45) is 0.0731. The Labute approximate surface area is 128 Å². The van der Waals surface area contributed by atoms with Crippen LogP contribution in [0.4, 0.5) is 4.39 Å². The molecule has 0 unspecified atom stereocenters. The zero-order valence-corrected chi connectivity index (χ0v) is 12.8. The van der Waals surface area contributed by atoms with Crippen LogP contribution in [0.1, 0.15) is 24.2 Å². The maximum Gasteiger partial charge on any atom is 0.173 e. The Bertz CT molecular complexity index is 608. The van der Waals surface area contributed by atoms with Gasteiger partial charge < -0.3 is 4.74 Å². The highest BCUT2D eigenvalue weighted by molar-refractivity contribution is 8.00. The molecule has 0 aromatic heterocycles. The largest absolute Gasteiger partial charge is 0.491 e. The zero-order valence-electron chi connectivity index (χ0n) is 12.0. The number of benzene rings is 2. The van der Waals surface area contributed by atoms with Gasteiger partial charge in [-0.25, -0.2) is 4.39 Å². The Kier molecular flexibility index (Phi) is 5.39. The predicted octanol–water partition coefficient (Wildman–Crippen LogP) is 4.59. The molecule has 0 atom stereocenters. The van der Waals surface area contributed by atoms with E-state index in [-0.39, 0.29) is 17.7 Å². The lowest BCUT2D eigenvalue weighted by Gasteiger charge is -2.10. The van der Waals surface area contributed by atoms with Crippen molar-refractivity contribution in [1.29, 1.82) is 0 Å². The van der Waals surface area contributed by atoms with Gasteiger partial charge in [0.2, 0.25) is 0 Å². The molecule has 2 rings (SSSR count). The first-order chi connectivity index (χ1) is 10.0. The van der Waals surface area contributed by atoms with Crippen molar-refractivity contribution in [3.05, 3.63) is 59.9 Å². The molecule has 110 valence electrons. The molecule has 0 spiro atoms. The Hall–Kier alpha value is -1.81. The minimum absolute atomic E-state index is 0.0264. The minimum Gasteiger partial charge on any atom is -0.491 e. The Balaban J connectivity index is 1.98. The average molecular weight is 304 g/mol. The lowest BCUT2D eigenvalue weighted by atomic mass is 10.1. The Morgan fingerprint density at radius 2 is 1.90 bits per heavy atom. The normalized spacial score (nSPS) is 10.7. The van der Waals surface area contributed by atoms with Gasteiger partial charge in [-0.05, 0) is 50.2 Å². The number of Topliss-reactive ketones (excluding diaryl/α,β-unsaturated/α-hetero) is 1. The van der Waals surface area contributed by atoms with Crippen molar-refractivity contribution in [2.75, 3.05) is 5.75 Å². The highest BCUT2D eigenvalue weighted by Crippen LogP contribution is 2.21. The molecule has 0 saturated carbocycles. The molecule has 4 heteroatoms. The summed E-state index contributed by atoms with van der Waals surface area (Å²) in [4.78, 5) is 13.0. The van der Waals surface area contributed by atoms with Crippen molar-refractivity contribution < 1.29 is 13.9 Å². The maximum atomic E-state index is 12.8. The van der Waals surface area contributed by atoms with Crippen molar-refractivity contribution in [1.82, 2.24) is 0 Å². The first-order valence-electron chi connectivity index (χ1n) is 6.73. The van der Waals surface area contributed by atoms with E-state index in [1.54, 1.807) is 24.3 Å². The number of ketones is 1. The molecule has 0 N–H and O–H groups in total. The molecular formula is C17H17FO2S. The third-order valence-corrected chi connectivity index (χ3v) is 3.72. The smallest absolute Gasteiger partial charge is 0.173 e. The Morgan fingerprint density at radius 1 is 1.19 bits per heavy atom. The van der Waals surface area contributed by atoms with Crippen LogP contribution in [0.15, 0.2) is 53.4 Å². The van der Waals surface area contributed by atoms with E-state index in [0.717, 1.165) is 4.90 Å². The van der Waals surface area contributed by atoms with Crippen molar-refractivity contribution in [2.24, 2.45) is 0 Å².